The van der Waals surface area contributed by atoms with Gasteiger partial charge in [0.25, 0.3) is 0 Å². The van der Waals surface area contributed by atoms with Crippen molar-refractivity contribution >= 4 is 23.3 Å². The Balaban J connectivity index is 2.63. The zero-order valence-corrected chi connectivity index (χ0v) is 8.85. The minimum absolute atomic E-state index is 0.113. The van der Waals surface area contributed by atoms with Crippen LogP contribution in [0.25, 0.3) is 10.4 Å². The number of nitrogen functional groups attached to an aromatic ring is 1. The smallest absolute Gasteiger partial charge is 0.160 e. The van der Waals surface area contributed by atoms with Gasteiger partial charge in [-0.05, 0) is 24.3 Å². The summed E-state index contributed by atoms with van der Waals surface area (Å²) in [7, 11) is 0. The molecule has 0 aliphatic carbocycles. The van der Waals surface area contributed by atoms with Crippen LogP contribution < -0.4 is 5.73 Å². The number of carbonyl (C=O) groups is 1. The third kappa shape index (κ3) is 1.69. The number of benzene rings is 1. The molecule has 2 rings (SSSR count). The van der Waals surface area contributed by atoms with Gasteiger partial charge in [0.15, 0.2) is 12.1 Å². The van der Waals surface area contributed by atoms with E-state index in [1.165, 1.54) is 18.2 Å². The van der Waals surface area contributed by atoms with Gasteiger partial charge < -0.3 is 5.73 Å². The predicted octanol–water partition coefficient (Wildman–Crippen LogP) is 3.09. The Morgan fingerprint density at radius 2 is 1.94 bits per heavy atom. The molecular weight excluding hydrogens is 232 g/mol. The lowest BCUT2D eigenvalue weighted by Crippen LogP contribution is -1.95. The van der Waals surface area contributed by atoms with E-state index in [2.05, 4.69) is 0 Å². The molecule has 0 spiro atoms. The summed E-state index contributed by atoms with van der Waals surface area (Å²) in [4.78, 5) is 11.3. The highest BCUT2D eigenvalue weighted by Gasteiger charge is 2.15. The zero-order chi connectivity index (χ0) is 11.7. The van der Waals surface area contributed by atoms with E-state index in [1.54, 1.807) is 0 Å². The molecule has 16 heavy (non-hydrogen) atoms. The molecule has 1 heterocycles. The Morgan fingerprint density at radius 3 is 2.56 bits per heavy atom. The summed E-state index contributed by atoms with van der Waals surface area (Å²) in [6.07, 6.45) is 0.635. The molecule has 0 aliphatic heterocycles. The second-order valence-electron chi connectivity index (χ2n) is 3.15. The second-order valence-corrected chi connectivity index (χ2v) is 4.26. The molecule has 0 fully saturated rings. The van der Waals surface area contributed by atoms with Crippen LogP contribution in [0.15, 0.2) is 24.3 Å². The molecule has 0 saturated carbocycles. The van der Waals surface area contributed by atoms with Gasteiger partial charge in [-0.25, -0.2) is 8.78 Å². The molecule has 0 aliphatic rings. The van der Waals surface area contributed by atoms with Gasteiger partial charge in [0.05, 0.1) is 16.1 Å². The number of aldehydes is 1. The van der Waals surface area contributed by atoms with Gasteiger partial charge in [0, 0.05) is 4.88 Å². The minimum Gasteiger partial charge on any atom is -0.396 e. The third-order valence-corrected chi connectivity index (χ3v) is 3.14. The lowest BCUT2D eigenvalue weighted by atomic mass is 10.1. The van der Waals surface area contributed by atoms with Crippen LogP contribution >= 0.6 is 11.3 Å². The summed E-state index contributed by atoms with van der Waals surface area (Å²) in [6.45, 7) is 0. The number of hydrogen-bond acceptors (Lipinski definition) is 3. The van der Waals surface area contributed by atoms with Crippen LogP contribution in [0.3, 0.4) is 0 Å². The van der Waals surface area contributed by atoms with Gasteiger partial charge in [-0.3, -0.25) is 4.79 Å². The molecule has 0 saturated heterocycles. The van der Waals surface area contributed by atoms with E-state index >= 15 is 0 Å². The SMILES string of the molecule is Nc1ccc(F)c(-c2ccc(C=O)s2)c1F. The van der Waals surface area contributed by atoms with Crippen LogP contribution in [-0.2, 0) is 0 Å². The first-order valence-corrected chi connectivity index (χ1v) is 5.24. The maximum atomic E-state index is 13.6. The van der Waals surface area contributed by atoms with Crippen molar-refractivity contribution in [3.8, 4) is 10.4 Å². The normalized spacial score (nSPS) is 10.4. The van der Waals surface area contributed by atoms with E-state index in [0.29, 0.717) is 16.0 Å². The fraction of sp³-hybridized carbons (Fsp3) is 0. The molecule has 2 nitrogen and oxygen atoms in total. The Labute approximate surface area is 94.3 Å². The van der Waals surface area contributed by atoms with Crippen LogP contribution in [0.2, 0.25) is 0 Å². The van der Waals surface area contributed by atoms with Crippen molar-refractivity contribution in [2.24, 2.45) is 0 Å². The van der Waals surface area contributed by atoms with Gasteiger partial charge in [0.2, 0.25) is 0 Å². The fourth-order valence-corrected chi connectivity index (χ4v) is 2.21. The molecule has 1 aromatic heterocycles. The fourth-order valence-electron chi connectivity index (χ4n) is 1.35. The molecule has 2 aromatic rings. The Kier molecular flexibility index (Phi) is 2.70. The molecule has 2 N–H and O–H groups in total. The molecule has 0 bridgehead atoms. The van der Waals surface area contributed by atoms with Crippen LogP contribution in [0.5, 0.6) is 0 Å². The van der Waals surface area contributed by atoms with E-state index in [4.69, 9.17) is 5.73 Å². The van der Waals surface area contributed by atoms with Crippen LogP contribution in [-0.4, -0.2) is 6.29 Å². The average molecular weight is 239 g/mol. The second kappa shape index (κ2) is 4.02. The number of hydrogen-bond donors (Lipinski definition) is 1. The molecule has 0 radical (unpaired) electrons. The van der Waals surface area contributed by atoms with Gasteiger partial charge in [-0.1, -0.05) is 0 Å². The lowest BCUT2D eigenvalue weighted by molar-refractivity contribution is 0.112. The van der Waals surface area contributed by atoms with Crippen molar-refractivity contribution in [3.63, 3.8) is 0 Å². The van der Waals surface area contributed by atoms with Crippen molar-refractivity contribution in [2.45, 2.75) is 0 Å². The largest absolute Gasteiger partial charge is 0.396 e. The molecule has 1 aromatic carbocycles. The quantitative estimate of drug-likeness (QED) is 0.646. The van der Waals surface area contributed by atoms with Crippen molar-refractivity contribution in [1.82, 2.24) is 0 Å². The minimum atomic E-state index is -0.792. The number of halogens is 2. The molecule has 5 heteroatoms. The van der Waals surface area contributed by atoms with Crippen molar-refractivity contribution < 1.29 is 13.6 Å². The summed E-state index contributed by atoms with van der Waals surface area (Å²) >= 11 is 1.02. The van der Waals surface area contributed by atoms with Gasteiger partial charge in [-0.2, -0.15) is 0 Å². The summed E-state index contributed by atoms with van der Waals surface area (Å²) in [6, 6.07) is 5.28. The Morgan fingerprint density at radius 1 is 1.19 bits per heavy atom. The first-order valence-electron chi connectivity index (χ1n) is 4.42. The highest BCUT2D eigenvalue weighted by atomic mass is 32.1. The van der Waals surface area contributed by atoms with Gasteiger partial charge in [-0.15, -0.1) is 11.3 Å². The summed E-state index contributed by atoms with van der Waals surface area (Å²) in [5.41, 5.74) is 5.06. The van der Waals surface area contributed by atoms with E-state index in [1.807, 2.05) is 0 Å². The molecular formula is C11H7F2NOS. The van der Waals surface area contributed by atoms with Gasteiger partial charge >= 0.3 is 0 Å². The average Bonchev–Trinajstić information content (AvgIpc) is 2.73. The maximum Gasteiger partial charge on any atom is 0.160 e. The highest BCUT2D eigenvalue weighted by Crippen LogP contribution is 2.33. The highest BCUT2D eigenvalue weighted by molar-refractivity contribution is 7.17. The Hall–Kier alpha value is -1.75. The van der Waals surface area contributed by atoms with Crippen LogP contribution in [0.1, 0.15) is 9.67 Å². The first-order chi connectivity index (χ1) is 7.63. The van der Waals surface area contributed by atoms with Gasteiger partial charge in [0.1, 0.15) is 5.82 Å². The van der Waals surface area contributed by atoms with E-state index < -0.39 is 11.6 Å². The summed E-state index contributed by atoms with van der Waals surface area (Å²) < 4.78 is 27.1. The van der Waals surface area contributed by atoms with Crippen molar-refractivity contribution in [1.29, 1.82) is 0 Å². The van der Waals surface area contributed by atoms with Crippen molar-refractivity contribution in [3.05, 3.63) is 40.8 Å². The van der Waals surface area contributed by atoms with E-state index in [-0.39, 0.29) is 11.3 Å². The topological polar surface area (TPSA) is 43.1 Å². The van der Waals surface area contributed by atoms with E-state index in [0.717, 1.165) is 17.4 Å². The Bertz CT molecular complexity index is 551. The molecule has 82 valence electrons. The summed E-state index contributed by atoms with van der Waals surface area (Å²) in [5.74, 6) is -1.48. The summed E-state index contributed by atoms with van der Waals surface area (Å²) in [5, 5.41) is 0. The molecule has 0 amide bonds. The van der Waals surface area contributed by atoms with E-state index in [9.17, 15) is 13.6 Å². The zero-order valence-electron chi connectivity index (χ0n) is 8.04. The predicted molar refractivity (Wildman–Crippen MR) is 59.5 cm³/mol. The number of anilines is 1. The number of thiophene rings is 1. The molecule has 0 unspecified atom stereocenters. The number of nitrogens with two attached hydrogens (primary N) is 1. The number of rotatable bonds is 2. The third-order valence-electron chi connectivity index (χ3n) is 2.11. The monoisotopic (exact) mass is 239 g/mol. The number of carbonyl (C=O) groups excluding carboxylic acids is 1. The van der Waals surface area contributed by atoms with Crippen molar-refractivity contribution in [2.75, 3.05) is 5.73 Å². The molecule has 0 atom stereocenters. The van der Waals surface area contributed by atoms with Crippen LogP contribution in [0, 0.1) is 11.6 Å². The van der Waals surface area contributed by atoms with Crippen LogP contribution in [0.4, 0.5) is 14.5 Å². The maximum absolute atomic E-state index is 13.6. The standard InChI is InChI=1S/C11H7F2NOS/c12-7-2-3-8(14)11(13)10(7)9-4-1-6(5-15)16-9/h1-5H,14H2. The first kappa shape index (κ1) is 10.8. The lowest BCUT2D eigenvalue weighted by Gasteiger charge is -2.04.